The highest BCUT2D eigenvalue weighted by Crippen LogP contribution is 2.25. The molecule has 1 heterocycles. The summed E-state index contributed by atoms with van der Waals surface area (Å²) in [6.07, 6.45) is 0. The lowest BCUT2D eigenvalue weighted by atomic mass is 10.2. The van der Waals surface area contributed by atoms with E-state index in [9.17, 15) is 0 Å². The van der Waals surface area contributed by atoms with Gasteiger partial charge in [0, 0.05) is 10.6 Å². The number of para-hydroxylation sites is 1. The minimum absolute atomic E-state index is 0.330. The van der Waals surface area contributed by atoms with Crippen molar-refractivity contribution in [3.63, 3.8) is 0 Å². The Labute approximate surface area is 120 Å². The van der Waals surface area contributed by atoms with Crippen molar-refractivity contribution in [2.24, 2.45) is 0 Å². The van der Waals surface area contributed by atoms with E-state index in [2.05, 4.69) is 10.2 Å². The molecule has 0 aliphatic carbocycles. The number of hydrogen-bond donors (Lipinski definition) is 0. The molecule has 5 heteroatoms. The largest absolute Gasteiger partial charge is 0.266 e. The summed E-state index contributed by atoms with van der Waals surface area (Å²) in [5, 5.41) is 9.08. The van der Waals surface area contributed by atoms with Crippen LogP contribution >= 0.6 is 23.2 Å². The van der Waals surface area contributed by atoms with Gasteiger partial charge in [-0.05, 0) is 48.0 Å². The molecular weight excluding hydrogens is 281 g/mol. The zero-order valence-corrected chi connectivity index (χ0v) is 11.3. The molecule has 94 valence electrons. The number of hydrogen-bond acceptors (Lipinski definition) is 2. The minimum atomic E-state index is 0.330. The lowest BCUT2D eigenvalue weighted by molar-refractivity contribution is 1.06. The molecule has 0 aliphatic heterocycles. The maximum absolute atomic E-state index is 6.12. The van der Waals surface area contributed by atoms with E-state index in [0.717, 1.165) is 11.3 Å². The van der Waals surface area contributed by atoms with Crippen LogP contribution in [0, 0.1) is 0 Å². The number of rotatable bonds is 2. The van der Waals surface area contributed by atoms with Crippen molar-refractivity contribution >= 4 is 23.2 Å². The molecule has 0 unspecified atom stereocenters. The Morgan fingerprint density at radius 2 is 1.47 bits per heavy atom. The summed E-state index contributed by atoms with van der Waals surface area (Å²) >= 11 is 12.0. The molecule has 0 atom stereocenters. The summed E-state index contributed by atoms with van der Waals surface area (Å²) in [6, 6.07) is 17.1. The van der Waals surface area contributed by atoms with Crippen LogP contribution in [0.5, 0.6) is 0 Å². The van der Waals surface area contributed by atoms with E-state index in [1.54, 1.807) is 4.57 Å². The summed E-state index contributed by atoms with van der Waals surface area (Å²) in [5.74, 6) is 0.688. The SMILES string of the molecule is Clc1ccc(-c2nnc(Cl)n2-c2ccccc2)cc1. The van der Waals surface area contributed by atoms with Gasteiger partial charge in [-0.3, -0.25) is 4.57 Å². The Morgan fingerprint density at radius 3 is 2.16 bits per heavy atom. The molecule has 0 radical (unpaired) electrons. The second-order valence-corrected chi connectivity index (χ2v) is 4.74. The van der Waals surface area contributed by atoms with Crippen LogP contribution in [0.2, 0.25) is 10.3 Å². The van der Waals surface area contributed by atoms with Gasteiger partial charge in [0.2, 0.25) is 5.28 Å². The van der Waals surface area contributed by atoms with Gasteiger partial charge in [0.1, 0.15) is 0 Å². The first-order valence-electron chi connectivity index (χ1n) is 5.68. The zero-order chi connectivity index (χ0) is 13.2. The summed E-state index contributed by atoms with van der Waals surface area (Å²) in [7, 11) is 0. The third kappa shape index (κ3) is 2.35. The van der Waals surface area contributed by atoms with Crippen LogP contribution in [0.15, 0.2) is 54.6 Å². The van der Waals surface area contributed by atoms with Crippen LogP contribution in [0.4, 0.5) is 0 Å². The van der Waals surface area contributed by atoms with Gasteiger partial charge < -0.3 is 0 Å². The molecule has 2 aromatic carbocycles. The normalized spacial score (nSPS) is 10.6. The number of nitrogens with zero attached hydrogens (tertiary/aromatic N) is 3. The fraction of sp³-hybridized carbons (Fsp3) is 0. The Morgan fingerprint density at radius 1 is 0.789 bits per heavy atom. The first kappa shape index (κ1) is 12.2. The van der Waals surface area contributed by atoms with Crippen LogP contribution in [-0.4, -0.2) is 14.8 Å². The highest BCUT2D eigenvalue weighted by Gasteiger charge is 2.13. The highest BCUT2D eigenvalue weighted by molar-refractivity contribution is 6.30. The molecule has 3 nitrogen and oxygen atoms in total. The lowest BCUT2D eigenvalue weighted by Crippen LogP contribution is -1.97. The van der Waals surface area contributed by atoms with Gasteiger partial charge in [0.15, 0.2) is 5.82 Å². The molecule has 0 bridgehead atoms. The molecule has 0 spiro atoms. The van der Waals surface area contributed by atoms with Crippen molar-refractivity contribution in [1.82, 2.24) is 14.8 Å². The van der Waals surface area contributed by atoms with E-state index in [1.807, 2.05) is 54.6 Å². The smallest absolute Gasteiger partial charge is 0.229 e. The Kier molecular flexibility index (Phi) is 3.23. The predicted molar refractivity (Wildman–Crippen MR) is 76.8 cm³/mol. The second-order valence-electron chi connectivity index (χ2n) is 3.97. The minimum Gasteiger partial charge on any atom is -0.266 e. The summed E-state index contributed by atoms with van der Waals surface area (Å²) in [5.41, 5.74) is 1.83. The fourth-order valence-electron chi connectivity index (χ4n) is 1.86. The van der Waals surface area contributed by atoms with E-state index in [4.69, 9.17) is 23.2 Å². The van der Waals surface area contributed by atoms with Gasteiger partial charge in [-0.1, -0.05) is 29.8 Å². The molecule has 3 rings (SSSR count). The Balaban J connectivity index is 2.16. The van der Waals surface area contributed by atoms with E-state index >= 15 is 0 Å². The van der Waals surface area contributed by atoms with Gasteiger partial charge in [-0.15, -0.1) is 10.2 Å². The predicted octanol–water partition coefficient (Wildman–Crippen LogP) is 4.24. The number of benzene rings is 2. The zero-order valence-electron chi connectivity index (χ0n) is 9.79. The molecule has 1 aromatic heterocycles. The van der Waals surface area contributed by atoms with Crippen LogP contribution in [-0.2, 0) is 0 Å². The van der Waals surface area contributed by atoms with Crippen molar-refractivity contribution < 1.29 is 0 Å². The van der Waals surface area contributed by atoms with Crippen molar-refractivity contribution in [1.29, 1.82) is 0 Å². The summed E-state index contributed by atoms with van der Waals surface area (Å²) in [6.45, 7) is 0. The number of halogens is 2. The van der Waals surface area contributed by atoms with E-state index in [-0.39, 0.29) is 0 Å². The third-order valence-corrected chi connectivity index (χ3v) is 3.24. The average Bonchev–Trinajstić information content (AvgIpc) is 2.82. The molecule has 0 saturated heterocycles. The van der Waals surface area contributed by atoms with E-state index in [1.165, 1.54) is 0 Å². The van der Waals surface area contributed by atoms with Gasteiger partial charge in [0.25, 0.3) is 0 Å². The van der Waals surface area contributed by atoms with Crippen molar-refractivity contribution in [2.75, 3.05) is 0 Å². The summed E-state index contributed by atoms with van der Waals surface area (Å²) < 4.78 is 1.80. The maximum atomic E-state index is 6.12. The van der Waals surface area contributed by atoms with Crippen molar-refractivity contribution in [2.45, 2.75) is 0 Å². The molecule has 0 N–H and O–H groups in total. The molecule has 19 heavy (non-hydrogen) atoms. The van der Waals surface area contributed by atoms with Gasteiger partial charge >= 0.3 is 0 Å². The first-order chi connectivity index (χ1) is 9.25. The summed E-state index contributed by atoms with van der Waals surface area (Å²) in [4.78, 5) is 0. The molecular formula is C14H9Cl2N3. The highest BCUT2D eigenvalue weighted by atomic mass is 35.5. The van der Waals surface area contributed by atoms with Crippen LogP contribution in [0.25, 0.3) is 17.1 Å². The first-order valence-corrected chi connectivity index (χ1v) is 6.43. The van der Waals surface area contributed by atoms with Crippen LogP contribution in [0.1, 0.15) is 0 Å². The topological polar surface area (TPSA) is 30.7 Å². The van der Waals surface area contributed by atoms with Crippen LogP contribution in [0.3, 0.4) is 0 Å². The molecule has 0 fully saturated rings. The standard InChI is InChI=1S/C14H9Cl2N3/c15-11-8-6-10(7-9-11)13-17-18-14(16)19(13)12-4-2-1-3-5-12/h1-9H. The van der Waals surface area contributed by atoms with E-state index < -0.39 is 0 Å². The molecule has 0 amide bonds. The number of aromatic nitrogens is 3. The molecule has 0 aliphatic rings. The van der Waals surface area contributed by atoms with Crippen molar-refractivity contribution in [3.8, 4) is 17.1 Å². The third-order valence-electron chi connectivity index (χ3n) is 2.74. The van der Waals surface area contributed by atoms with Gasteiger partial charge in [-0.2, -0.15) is 0 Å². The lowest BCUT2D eigenvalue weighted by Gasteiger charge is -2.07. The second kappa shape index (κ2) is 5.03. The Hall–Kier alpha value is -1.84. The van der Waals surface area contributed by atoms with Crippen molar-refractivity contribution in [3.05, 3.63) is 64.9 Å². The monoisotopic (exact) mass is 289 g/mol. The van der Waals surface area contributed by atoms with Gasteiger partial charge in [-0.25, -0.2) is 0 Å². The van der Waals surface area contributed by atoms with Crippen LogP contribution < -0.4 is 0 Å². The molecule has 0 saturated carbocycles. The Bertz CT molecular complexity index is 690. The van der Waals surface area contributed by atoms with E-state index in [0.29, 0.717) is 16.1 Å². The maximum Gasteiger partial charge on any atom is 0.229 e. The quantitative estimate of drug-likeness (QED) is 0.706. The average molecular weight is 290 g/mol. The fourth-order valence-corrected chi connectivity index (χ4v) is 2.20. The van der Waals surface area contributed by atoms with Gasteiger partial charge in [0.05, 0.1) is 5.69 Å². The molecule has 3 aromatic rings.